The van der Waals surface area contributed by atoms with Gasteiger partial charge in [-0.05, 0) is 38.6 Å². The van der Waals surface area contributed by atoms with E-state index in [9.17, 15) is 0 Å². The largest absolute Gasteiger partial charge is 0.376 e. The first-order valence-electron chi connectivity index (χ1n) is 7.19. The third-order valence-corrected chi connectivity index (χ3v) is 4.34. The molecule has 0 saturated heterocycles. The molecule has 0 amide bonds. The fourth-order valence-electron chi connectivity index (χ4n) is 3.24. The second-order valence-electron chi connectivity index (χ2n) is 5.56. The van der Waals surface area contributed by atoms with E-state index in [4.69, 9.17) is 4.74 Å². The molecule has 2 heteroatoms. The van der Waals surface area contributed by atoms with Gasteiger partial charge in [0, 0.05) is 12.6 Å². The summed E-state index contributed by atoms with van der Waals surface area (Å²) in [6.45, 7) is 1.02. The molecule has 0 aromatic carbocycles. The number of ether oxygens (including phenoxy) is 1. The minimum atomic E-state index is 0.480. The summed E-state index contributed by atoms with van der Waals surface area (Å²) in [5, 5.41) is 3.44. The standard InChI is InChI=1S/C14H27NO/c1-15-13-9-3-2-4-10-14(13)16-11-12-7-5-6-8-12/h12-15H,2-11H2,1H3. The molecule has 2 saturated carbocycles. The molecular formula is C14H27NO. The lowest BCUT2D eigenvalue weighted by molar-refractivity contribution is 0.00486. The summed E-state index contributed by atoms with van der Waals surface area (Å²) in [6, 6.07) is 0.601. The van der Waals surface area contributed by atoms with E-state index in [1.807, 2.05) is 0 Å². The lowest BCUT2D eigenvalue weighted by atomic mass is 10.1. The average molecular weight is 225 g/mol. The highest BCUT2D eigenvalue weighted by atomic mass is 16.5. The maximum Gasteiger partial charge on any atom is 0.0728 e. The van der Waals surface area contributed by atoms with Gasteiger partial charge in [0.2, 0.25) is 0 Å². The van der Waals surface area contributed by atoms with Crippen LogP contribution in [0.2, 0.25) is 0 Å². The van der Waals surface area contributed by atoms with E-state index in [1.165, 1.54) is 57.8 Å². The molecule has 16 heavy (non-hydrogen) atoms. The van der Waals surface area contributed by atoms with Crippen LogP contribution in [0.4, 0.5) is 0 Å². The quantitative estimate of drug-likeness (QED) is 0.742. The Kier molecular flexibility index (Phi) is 5.11. The molecule has 0 heterocycles. The molecule has 0 spiro atoms. The Morgan fingerprint density at radius 3 is 2.38 bits per heavy atom. The maximum atomic E-state index is 6.19. The Morgan fingerprint density at radius 1 is 0.938 bits per heavy atom. The van der Waals surface area contributed by atoms with Crippen molar-refractivity contribution in [2.45, 2.75) is 69.9 Å². The summed E-state index contributed by atoms with van der Waals surface area (Å²) in [4.78, 5) is 0. The molecule has 2 unspecified atom stereocenters. The van der Waals surface area contributed by atoms with Crippen molar-refractivity contribution < 1.29 is 4.74 Å². The zero-order chi connectivity index (χ0) is 11.2. The highest BCUT2D eigenvalue weighted by molar-refractivity contribution is 4.79. The molecule has 0 aliphatic heterocycles. The SMILES string of the molecule is CNC1CCCCCC1OCC1CCCC1. The first kappa shape index (κ1) is 12.4. The minimum absolute atomic E-state index is 0.480. The van der Waals surface area contributed by atoms with Crippen molar-refractivity contribution in [3.8, 4) is 0 Å². The second kappa shape index (κ2) is 6.61. The molecule has 2 aliphatic carbocycles. The number of nitrogens with one attached hydrogen (secondary N) is 1. The number of hydrogen-bond donors (Lipinski definition) is 1. The Morgan fingerprint density at radius 2 is 1.62 bits per heavy atom. The van der Waals surface area contributed by atoms with Gasteiger partial charge in [-0.25, -0.2) is 0 Å². The van der Waals surface area contributed by atoms with Gasteiger partial charge in [0.05, 0.1) is 6.10 Å². The van der Waals surface area contributed by atoms with E-state index >= 15 is 0 Å². The van der Waals surface area contributed by atoms with Gasteiger partial charge in [-0.2, -0.15) is 0 Å². The Labute approximate surface area is 100 Å². The van der Waals surface area contributed by atoms with Crippen LogP contribution in [0.1, 0.15) is 57.8 Å². The van der Waals surface area contributed by atoms with Crippen LogP contribution < -0.4 is 5.32 Å². The Balaban J connectivity index is 1.75. The number of likely N-dealkylation sites (N-methyl/N-ethyl adjacent to an activating group) is 1. The van der Waals surface area contributed by atoms with E-state index < -0.39 is 0 Å². The summed E-state index contributed by atoms with van der Waals surface area (Å²) >= 11 is 0. The van der Waals surface area contributed by atoms with E-state index in [0.29, 0.717) is 12.1 Å². The smallest absolute Gasteiger partial charge is 0.0728 e. The Hall–Kier alpha value is -0.0800. The van der Waals surface area contributed by atoms with Crippen LogP contribution in [0.3, 0.4) is 0 Å². The normalized spacial score (nSPS) is 32.8. The summed E-state index contributed by atoms with van der Waals surface area (Å²) in [5.74, 6) is 0.862. The van der Waals surface area contributed by atoms with Gasteiger partial charge in [-0.15, -0.1) is 0 Å². The van der Waals surface area contributed by atoms with Crippen molar-refractivity contribution in [3.05, 3.63) is 0 Å². The second-order valence-corrected chi connectivity index (χ2v) is 5.56. The van der Waals surface area contributed by atoms with Crippen LogP contribution in [-0.2, 0) is 4.74 Å². The predicted octanol–water partition coefficient (Wildman–Crippen LogP) is 3.11. The van der Waals surface area contributed by atoms with Crippen LogP contribution in [-0.4, -0.2) is 25.8 Å². The van der Waals surface area contributed by atoms with Gasteiger partial charge >= 0.3 is 0 Å². The third kappa shape index (κ3) is 3.46. The highest BCUT2D eigenvalue weighted by Crippen LogP contribution is 2.27. The summed E-state index contributed by atoms with van der Waals surface area (Å²) in [6.07, 6.45) is 12.8. The zero-order valence-corrected chi connectivity index (χ0v) is 10.7. The molecule has 1 N–H and O–H groups in total. The van der Waals surface area contributed by atoms with Gasteiger partial charge in [0.25, 0.3) is 0 Å². The molecular weight excluding hydrogens is 198 g/mol. The molecule has 2 fully saturated rings. The molecule has 94 valence electrons. The molecule has 2 aliphatic rings. The average Bonchev–Trinajstić information content (AvgIpc) is 2.71. The van der Waals surface area contributed by atoms with Crippen molar-refractivity contribution in [2.75, 3.05) is 13.7 Å². The molecule has 2 rings (SSSR count). The van der Waals surface area contributed by atoms with Crippen molar-refractivity contribution >= 4 is 0 Å². The van der Waals surface area contributed by atoms with Crippen LogP contribution in [0.25, 0.3) is 0 Å². The van der Waals surface area contributed by atoms with Gasteiger partial charge in [-0.1, -0.05) is 32.1 Å². The number of hydrogen-bond acceptors (Lipinski definition) is 2. The summed E-state index contributed by atoms with van der Waals surface area (Å²) in [7, 11) is 2.09. The minimum Gasteiger partial charge on any atom is -0.376 e. The monoisotopic (exact) mass is 225 g/mol. The van der Waals surface area contributed by atoms with Gasteiger partial charge < -0.3 is 10.1 Å². The zero-order valence-electron chi connectivity index (χ0n) is 10.7. The van der Waals surface area contributed by atoms with Gasteiger partial charge in [-0.3, -0.25) is 0 Å². The van der Waals surface area contributed by atoms with E-state index in [-0.39, 0.29) is 0 Å². The molecule has 0 aromatic rings. The lowest BCUT2D eigenvalue weighted by Gasteiger charge is -2.26. The fraction of sp³-hybridized carbons (Fsp3) is 1.00. The first-order valence-corrected chi connectivity index (χ1v) is 7.19. The van der Waals surface area contributed by atoms with Crippen molar-refractivity contribution in [1.82, 2.24) is 5.32 Å². The van der Waals surface area contributed by atoms with Gasteiger partial charge in [0.15, 0.2) is 0 Å². The maximum absolute atomic E-state index is 6.19. The highest BCUT2D eigenvalue weighted by Gasteiger charge is 2.24. The number of rotatable bonds is 4. The van der Waals surface area contributed by atoms with E-state index in [0.717, 1.165) is 12.5 Å². The van der Waals surface area contributed by atoms with Crippen molar-refractivity contribution in [3.63, 3.8) is 0 Å². The molecule has 0 aromatic heterocycles. The van der Waals surface area contributed by atoms with Crippen molar-refractivity contribution in [1.29, 1.82) is 0 Å². The topological polar surface area (TPSA) is 21.3 Å². The fourth-order valence-corrected chi connectivity index (χ4v) is 3.24. The van der Waals surface area contributed by atoms with Crippen LogP contribution in [0.15, 0.2) is 0 Å². The summed E-state index contributed by atoms with van der Waals surface area (Å²) in [5.41, 5.74) is 0. The van der Waals surface area contributed by atoms with E-state index in [1.54, 1.807) is 0 Å². The lowest BCUT2D eigenvalue weighted by Crippen LogP contribution is -2.39. The van der Waals surface area contributed by atoms with Crippen molar-refractivity contribution in [2.24, 2.45) is 5.92 Å². The Bertz CT molecular complexity index is 189. The molecule has 0 bridgehead atoms. The predicted molar refractivity (Wildman–Crippen MR) is 67.6 cm³/mol. The summed E-state index contributed by atoms with van der Waals surface area (Å²) < 4.78 is 6.19. The third-order valence-electron chi connectivity index (χ3n) is 4.34. The van der Waals surface area contributed by atoms with Gasteiger partial charge in [0.1, 0.15) is 0 Å². The van der Waals surface area contributed by atoms with Crippen LogP contribution in [0.5, 0.6) is 0 Å². The van der Waals surface area contributed by atoms with E-state index in [2.05, 4.69) is 12.4 Å². The van der Waals surface area contributed by atoms with Crippen LogP contribution >= 0.6 is 0 Å². The molecule has 0 radical (unpaired) electrons. The molecule has 2 nitrogen and oxygen atoms in total. The van der Waals surface area contributed by atoms with Crippen LogP contribution in [0, 0.1) is 5.92 Å². The molecule has 2 atom stereocenters. The first-order chi connectivity index (χ1) is 7.90.